The van der Waals surface area contributed by atoms with E-state index in [1.165, 1.54) is 5.56 Å². The highest BCUT2D eigenvalue weighted by Crippen LogP contribution is 2.55. The number of aromatic nitrogens is 2. The van der Waals surface area contributed by atoms with Crippen LogP contribution in [-0.4, -0.2) is 55.7 Å². The Morgan fingerprint density at radius 3 is 2.42 bits per heavy atom. The fraction of sp³-hybridized carbons (Fsp3) is 0.520. The summed E-state index contributed by atoms with van der Waals surface area (Å²) in [7, 11) is 0. The van der Waals surface area contributed by atoms with Crippen LogP contribution in [0, 0.1) is 5.41 Å². The van der Waals surface area contributed by atoms with Gasteiger partial charge in [-0.15, -0.1) is 0 Å². The third-order valence-electron chi connectivity index (χ3n) is 7.87. The van der Waals surface area contributed by atoms with Crippen molar-refractivity contribution in [3.8, 4) is 0 Å². The highest BCUT2D eigenvalue weighted by atomic mass is 16.2. The fourth-order valence-electron chi connectivity index (χ4n) is 6.64. The molecule has 2 saturated heterocycles. The van der Waals surface area contributed by atoms with Crippen molar-refractivity contribution < 1.29 is 9.59 Å². The van der Waals surface area contributed by atoms with Crippen molar-refractivity contribution in [1.82, 2.24) is 19.8 Å². The zero-order valence-corrected chi connectivity index (χ0v) is 18.3. The summed E-state index contributed by atoms with van der Waals surface area (Å²) >= 11 is 0. The van der Waals surface area contributed by atoms with Crippen LogP contribution in [0.2, 0.25) is 0 Å². The maximum absolute atomic E-state index is 13.7. The van der Waals surface area contributed by atoms with Gasteiger partial charge in [-0.1, -0.05) is 50.1 Å². The summed E-state index contributed by atoms with van der Waals surface area (Å²) in [4.78, 5) is 39.4. The molecule has 5 rings (SSSR count). The van der Waals surface area contributed by atoms with Crippen LogP contribution in [0.1, 0.15) is 62.0 Å². The second kappa shape index (κ2) is 7.74. The molecule has 0 N–H and O–H groups in total. The second-order valence-electron chi connectivity index (χ2n) is 9.58. The molecule has 0 radical (unpaired) electrons. The van der Waals surface area contributed by atoms with E-state index in [0.717, 1.165) is 38.5 Å². The molecule has 162 valence electrons. The Hall–Kier alpha value is -2.76. The number of nitrogens with zero attached hydrogens (tertiary/aromatic N) is 4. The van der Waals surface area contributed by atoms with Gasteiger partial charge in [-0.3, -0.25) is 14.6 Å². The number of likely N-dealkylation sites (tertiary alicyclic amines) is 2. The minimum absolute atomic E-state index is 0.0111. The first kappa shape index (κ1) is 20.2. The molecule has 1 aromatic heterocycles. The van der Waals surface area contributed by atoms with Gasteiger partial charge in [-0.05, 0) is 31.2 Å². The molecule has 2 aromatic rings. The maximum Gasteiger partial charge on any atom is 0.274 e. The molecule has 0 spiro atoms. The Labute approximate surface area is 183 Å². The van der Waals surface area contributed by atoms with E-state index in [1.54, 1.807) is 25.5 Å². The quantitative estimate of drug-likeness (QED) is 0.765. The van der Waals surface area contributed by atoms with Gasteiger partial charge in [0.25, 0.3) is 5.91 Å². The lowest BCUT2D eigenvalue weighted by Crippen LogP contribution is -2.61. The summed E-state index contributed by atoms with van der Waals surface area (Å²) in [6, 6.07) is 10.6. The van der Waals surface area contributed by atoms with Crippen LogP contribution >= 0.6 is 0 Å². The molecule has 3 aliphatic rings. The van der Waals surface area contributed by atoms with E-state index in [1.807, 2.05) is 18.2 Å². The van der Waals surface area contributed by atoms with Gasteiger partial charge >= 0.3 is 0 Å². The topological polar surface area (TPSA) is 66.4 Å². The predicted octanol–water partition coefficient (Wildman–Crippen LogP) is 3.48. The third-order valence-corrected chi connectivity index (χ3v) is 7.87. The van der Waals surface area contributed by atoms with E-state index >= 15 is 0 Å². The van der Waals surface area contributed by atoms with Crippen LogP contribution in [-0.2, 0) is 11.2 Å². The number of hydrogen-bond acceptors (Lipinski definition) is 4. The molecule has 31 heavy (non-hydrogen) atoms. The minimum atomic E-state index is -0.0854. The number of carbonyl (C=O) groups is 2. The van der Waals surface area contributed by atoms with E-state index < -0.39 is 0 Å². The average Bonchev–Trinajstić information content (AvgIpc) is 2.93. The van der Waals surface area contributed by atoms with E-state index in [2.05, 4.69) is 38.8 Å². The predicted molar refractivity (Wildman–Crippen MR) is 117 cm³/mol. The van der Waals surface area contributed by atoms with Crippen LogP contribution in [0.25, 0.3) is 0 Å². The summed E-state index contributed by atoms with van der Waals surface area (Å²) in [5.41, 5.74) is 1.51. The molecule has 6 nitrogen and oxygen atoms in total. The zero-order chi connectivity index (χ0) is 21.6. The first-order valence-corrected chi connectivity index (χ1v) is 11.4. The van der Waals surface area contributed by atoms with Crippen LogP contribution in [0.15, 0.2) is 48.9 Å². The number of piperidine rings is 1. The van der Waals surface area contributed by atoms with Gasteiger partial charge in [-0.2, -0.15) is 0 Å². The monoisotopic (exact) mass is 418 g/mol. The largest absolute Gasteiger partial charge is 0.334 e. The average molecular weight is 419 g/mol. The highest BCUT2D eigenvalue weighted by Gasteiger charge is 2.63. The van der Waals surface area contributed by atoms with Crippen LogP contribution in [0.5, 0.6) is 0 Å². The fourth-order valence-corrected chi connectivity index (χ4v) is 6.64. The van der Waals surface area contributed by atoms with E-state index in [9.17, 15) is 9.59 Å². The molecular formula is C25H30N4O2. The van der Waals surface area contributed by atoms with Crippen molar-refractivity contribution in [3.05, 3.63) is 60.2 Å². The van der Waals surface area contributed by atoms with Crippen LogP contribution in [0.3, 0.4) is 0 Å². The highest BCUT2D eigenvalue weighted by molar-refractivity contribution is 5.93. The summed E-state index contributed by atoms with van der Waals surface area (Å²) in [5.74, 6) is 0.0762. The number of rotatable bonds is 3. The Kier molecular flexibility index (Phi) is 5.03. The molecule has 2 aliphatic heterocycles. The Bertz CT molecular complexity index is 966. The van der Waals surface area contributed by atoms with Gasteiger partial charge in [0.15, 0.2) is 0 Å². The Morgan fingerprint density at radius 2 is 1.77 bits per heavy atom. The first-order chi connectivity index (χ1) is 15.0. The minimum Gasteiger partial charge on any atom is -0.334 e. The van der Waals surface area contributed by atoms with Gasteiger partial charge in [0, 0.05) is 36.8 Å². The van der Waals surface area contributed by atoms with E-state index in [-0.39, 0.29) is 41.4 Å². The van der Waals surface area contributed by atoms with Gasteiger partial charge in [0.05, 0.1) is 18.3 Å². The molecule has 3 fully saturated rings. The number of carbonyl (C=O) groups excluding carboxylic acids is 2. The SMILES string of the molecule is CC(=O)N1[C@H](Cc2ccccc2)[C@@H]2C[C@@]3(C)[C@H](CCCC[C@@H]13)N2C(=O)c1cnccn1. The standard InChI is InChI=1S/C25H30N4O2/c1-17(30)28-20(14-18-8-4-3-5-9-18)21-15-25(2)22(28)10-6-7-11-23(25)29(21)24(31)19-16-26-12-13-27-19/h3-5,8-9,12-13,16,20-23H,6-7,10-11,14-15H2,1-2H3/t20-,21+,22-,23+,25-/m1/s1. The van der Waals surface area contributed by atoms with Crippen molar-refractivity contribution in [2.24, 2.45) is 5.41 Å². The van der Waals surface area contributed by atoms with Crippen molar-refractivity contribution in [1.29, 1.82) is 0 Å². The summed E-state index contributed by atoms with van der Waals surface area (Å²) in [6.07, 6.45) is 10.6. The van der Waals surface area contributed by atoms with Crippen molar-refractivity contribution >= 4 is 11.8 Å². The van der Waals surface area contributed by atoms with Crippen molar-refractivity contribution in [2.75, 3.05) is 0 Å². The molecular weight excluding hydrogens is 388 g/mol. The van der Waals surface area contributed by atoms with Crippen LogP contribution in [0.4, 0.5) is 0 Å². The zero-order valence-electron chi connectivity index (χ0n) is 18.3. The summed E-state index contributed by atoms with van der Waals surface area (Å²) < 4.78 is 0. The van der Waals surface area contributed by atoms with E-state index in [4.69, 9.17) is 0 Å². The first-order valence-electron chi connectivity index (χ1n) is 11.4. The maximum atomic E-state index is 13.7. The number of amides is 2. The lowest BCUT2D eigenvalue weighted by molar-refractivity contribution is -0.141. The van der Waals surface area contributed by atoms with Crippen molar-refractivity contribution in [2.45, 2.75) is 76.5 Å². The number of benzene rings is 1. The Balaban J connectivity index is 1.61. The normalized spacial score (nSPS) is 31.9. The molecule has 0 unspecified atom stereocenters. The molecule has 1 aliphatic carbocycles. The molecule has 2 amide bonds. The van der Waals surface area contributed by atoms with E-state index in [0.29, 0.717) is 5.69 Å². The molecule has 1 aromatic carbocycles. The molecule has 1 saturated carbocycles. The second-order valence-corrected chi connectivity index (χ2v) is 9.58. The molecule has 2 bridgehead atoms. The van der Waals surface area contributed by atoms with Gasteiger partial charge < -0.3 is 9.80 Å². The number of hydrogen-bond donors (Lipinski definition) is 0. The molecule has 5 atom stereocenters. The summed E-state index contributed by atoms with van der Waals surface area (Å²) in [5, 5.41) is 0. The number of fused-ring (bicyclic) bond motifs is 1. The smallest absolute Gasteiger partial charge is 0.274 e. The van der Waals surface area contributed by atoms with Gasteiger partial charge in [-0.25, -0.2) is 4.98 Å². The van der Waals surface area contributed by atoms with Crippen LogP contribution < -0.4 is 0 Å². The van der Waals surface area contributed by atoms with Gasteiger partial charge in [0.2, 0.25) is 5.91 Å². The lowest BCUT2D eigenvalue weighted by atomic mass is 9.69. The van der Waals surface area contributed by atoms with Crippen molar-refractivity contribution in [3.63, 3.8) is 0 Å². The lowest BCUT2D eigenvalue weighted by Gasteiger charge is -2.50. The molecule has 6 heteroatoms. The van der Waals surface area contributed by atoms with Gasteiger partial charge in [0.1, 0.15) is 5.69 Å². The Morgan fingerprint density at radius 1 is 1.06 bits per heavy atom. The summed E-state index contributed by atoms with van der Waals surface area (Å²) in [6.45, 7) is 4.00. The third kappa shape index (κ3) is 3.24. The molecule has 3 heterocycles.